The van der Waals surface area contributed by atoms with Crippen molar-refractivity contribution in [1.29, 1.82) is 0 Å². The van der Waals surface area contributed by atoms with Crippen LogP contribution in [0.3, 0.4) is 0 Å². The van der Waals surface area contributed by atoms with Gasteiger partial charge in [-0.05, 0) is 6.42 Å². The van der Waals surface area contributed by atoms with Gasteiger partial charge in [0.05, 0.1) is 0 Å². The smallest absolute Gasteiger partial charge is 0.220 e. The van der Waals surface area contributed by atoms with E-state index in [-0.39, 0.29) is 5.91 Å². The third kappa shape index (κ3) is 4.16. The molecular weight excluding hydrogens is 240 g/mol. The Kier molecular flexibility index (Phi) is 5.60. The van der Waals surface area contributed by atoms with Crippen LogP contribution in [0.5, 0.6) is 0 Å². The van der Waals surface area contributed by atoms with Gasteiger partial charge in [0.25, 0.3) is 0 Å². The Balaban J connectivity index is 1.35. The highest BCUT2D eigenvalue weighted by Crippen LogP contribution is 2.47. The standard InChI is InChI=1S/C14H28N4O/c1-2-3-4-5-6-7-8-9-12(19)16-11-14-17-13(10-15)18(14)17/h13-14H,2-11,15H2,1H3,(H,16,19). The molecule has 0 aromatic rings. The third-order valence-corrected chi connectivity index (χ3v) is 4.08. The summed E-state index contributed by atoms with van der Waals surface area (Å²) in [6.07, 6.45) is 10.4. The Labute approximate surface area is 116 Å². The molecule has 5 nitrogen and oxygen atoms in total. The van der Waals surface area contributed by atoms with E-state index in [1.54, 1.807) is 0 Å². The topological polar surface area (TPSA) is 61.1 Å². The van der Waals surface area contributed by atoms with Gasteiger partial charge < -0.3 is 11.1 Å². The molecule has 3 N–H and O–H groups in total. The summed E-state index contributed by atoms with van der Waals surface area (Å²) < 4.78 is 0. The number of amides is 1. The maximum Gasteiger partial charge on any atom is 0.220 e. The molecule has 0 bridgehead atoms. The van der Waals surface area contributed by atoms with Crippen molar-refractivity contribution < 1.29 is 4.79 Å². The van der Waals surface area contributed by atoms with E-state index in [0.717, 1.165) is 13.0 Å². The molecule has 2 saturated heterocycles. The SMILES string of the molecule is CCCCCCCCCC(=O)NCC1N2C(CN)N12. The summed E-state index contributed by atoms with van der Waals surface area (Å²) in [4.78, 5) is 11.6. The van der Waals surface area contributed by atoms with Gasteiger partial charge in [0.2, 0.25) is 5.91 Å². The molecule has 1 amide bonds. The third-order valence-electron chi connectivity index (χ3n) is 4.08. The Morgan fingerprint density at radius 1 is 1.05 bits per heavy atom. The highest BCUT2D eigenvalue weighted by molar-refractivity contribution is 5.75. The molecule has 0 aliphatic carbocycles. The van der Waals surface area contributed by atoms with Gasteiger partial charge in [-0.3, -0.25) is 4.79 Å². The highest BCUT2D eigenvalue weighted by Gasteiger charge is 2.68. The zero-order chi connectivity index (χ0) is 13.7. The average molecular weight is 268 g/mol. The predicted molar refractivity (Wildman–Crippen MR) is 75.9 cm³/mol. The summed E-state index contributed by atoms with van der Waals surface area (Å²) in [6.45, 7) is 3.69. The number of hydrogen-bond acceptors (Lipinski definition) is 4. The molecule has 0 saturated carbocycles. The van der Waals surface area contributed by atoms with Crippen molar-refractivity contribution in [3.05, 3.63) is 0 Å². The molecule has 2 aliphatic heterocycles. The van der Waals surface area contributed by atoms with E-state index < -0.39 is 0 Å². The van der Waals surface area contributed by atoms with Crippen molar-refractivity contribution in [3.8, 4) is 0 Å². The maximum atomic E-state index is 11.6. The minimum absolute atomic E-state index is 0.201. The first kappa shape index (κ1) is 14.8. The summed E-state index contributed by atoms with van der Waals surface area (Å²) in [5, 5.41) is 7.43. The first-order valence-corrected chi connectivity index (χ1v) is 7.83. The summed E-state index contributed by atoms with van der Waals surface area (Å²) >= 11 is 0. The number of hydrazine groups is 1. The Morgan fingerprint density at radius 2 is 1.68 bits per heavy atom. The van der Waals surface area contributed by atoms with E-state index in [1.165, 1.54) is 38.5 Å². The minimum Gasteiger partial charge on any atom is -0.353 e. The molecule has 0 aromatic carbocycles. The summed E-state index contributed by atoms with van der Waals surface area (Å²) in [6, 6.07) is 0. The van der Waals surface area contributed by atoms with Crippen LogP contribution >= 0.6 is 0 Å². The maximum absolute atomic E-state index is 11.6. The molecule has 0 radical (unpaired) electrons. The van der Waals surface area contributed by atoms with Crippen molar-refractivity contribution in [1.82, 2.24) is 15.3 Å². The van der Waals surface area contributed by atoms with Gasteiger partial charge in [-0.2, -0.15) is 10.0 Å². The number of unbranched alkanes of at least 4 members (excludes halogenated alkanes) is 6. The second-order valence-electron chi connectivity index (χ2n) is 5.63. The van der Waals surface area contributed by atoms with Crippen LogP contribution in [-0.2, 0) is 4.79 Å². The largest absolute Gasteiger partial charge is 0.353 e. The minimum atomic E-state index is 0.201. The van der Waals surface area contributed by atoms with Gasteiger partial charge in [0, 0.05) is 19.5 Å². The number of carbonyl (C=O) groups excluding carboxylic acids is 1. The number of hydrogen-bond donors (Lipinski definition) is 2. The second-order valence-corrected chi connectivity index (χ2v) is 5.63. The summed E-state index contributed by atoms with van der Waals surface area (Å²) in [5.41, 5.74) is 5.53. The molecule has 2 fully saturated rings. The number of fused-ring (bicyclic) bond motifs is 1. The Hall–Kier alpha value is -0.650. The number of nitrogens with zero attached hydrogens (tertiary/aromatic N) is 2. The van der Waals surface area contributed by atoms with Crippen LogP contribution in [0.1, 0.15) is 58.3 Å². The van der Waals surface area contributed by atoms with Crippen molar-refractivity contribution in [2.45, 2.75) is 70.6 Å². The van der Waals surface area contributed by atoms with E-state index >= 15 is 0 Å². The molecular formula is C14H28N4O. The van der Waals surface area contributed by atoms with E-state index in [4.69, 9.17) is 5.73 Å². The zero-order valence-electron chi connectivity index (χ0n) is 12.1. The molecule has 2 heterocycles. The van der Waals surface area contributed by atoms with Crippen LogP contribution in [0.25, 0.3) is 0 Å². The average Bonchev–Trinajstić information content (AvgIpc) is 3.28. The van der Waals surface area contributed by atoms with Gasteiger partial charge in [-0.15, -0.1) is 0 Å². The molecule has 0 spiro atoms. The van der Waals surface area contributed by atoms with Crippen LogP contribution in [0, 0.1) is 0 Å². The van der Waals surface area contributed by atoms with E-state index in [1.807, 2.05) is 0 Å². The molecule has 2 aliphatic rings. The normalized spacial score (nSPS) is 30.8. The molecule has 2 rings (SSSR count). The lowest BCUT2D eigenvalue weighted by molar-refractivity contribution is -0.121. The fourth-order valence-corrected chi connectivity index (χ4v) is 2.75. The summed E-state index contributed by atoms with van der Waals surface area (Å²) in [5.74, 6) is 0.201. The van der Waals surface area contributed by atoms with Gasteiger partial charge >= 0.3 is 0 Å². The van der Waals surface area contributed by atoms with E-state index in [0.29, 0.717) is 25.3 Å². The van der Waals surface area contributed by atoms with Gasteiger partial charge in [0.1, 0.15) is 12.3 Å². The first-order valence-electron chi connectivity index (χ1n) is 7.83. The summed E-state index contributed by atoms with van der Waals surface area (Å²) in [7, 11) is 0. The van der Waals surface area contributed by atoms with Crippen LogP contribution < -0.4 is 11.1 Å². The van der Waals surface area contributed by atoms with Crippen molar-refractivity contribution in [2.24, 2.45) is 5.73 Å². The number of carbonyl (C=O) groups is 1. The molecule has 5 heteroatoms. The predicted octanol–water partition coefficient (Wildman–Crippen LogP) is 1.40. The van der Waals surface area contributed by atoms with Crippen LogP contribution in [0.2, 0.25) is 0 Å². The van der Waals surface area contributed by atoms with Gasteiger partial charge in [0.15, 0.2) is 0 Å². The lowest BCUT2D eigenvalue weighted by Crippen LogP contribution is -2.36. The van der Waals surface area contributed by atoms with Crippen LogP contribution in [0.15, 0.2) is 0 Å². The first-order chi connectivity index (χ1) is 9.29. The number of rotatable bonds is 11. The fraction of sp³-hybridized carbons (Fsp3) is 0.929. The van der Waals surface area contributed by atoms with Crippen LogP contribution in [0.4, 0.5) is 0 Å². The number of nitrogens with two attached hydrogens (primary N) is 1. The quantitative estimate of drug-likeness (QED) is 0.439. The molecule has 19 heavy (non-hydrogen) atoms. The molecule has 0 aromatic heterocycles. The van der Waals surface area contributed by atoms with Crippen LogP contribution in [-0.4, -0.2) is 41.3 Å². The molecule has 110 valence electrons. The monoisotopic (exact) mass is 268 g/mol. The Bertz CT molecular complexity index is 287. The lowest BCUT2D eigenvalue weighted by atomic mass is 10.1. The van der Waals surface area contributed by atoms with Crippen molar-refractivity contribution in [3.63, 3.8) is 0 Å². The highest BCUT2D eigenvalue weighted by atomic mass is 16.2. The van der Waals surface area contributed by atoms with Crippen molar-refractivity contribution in [2.75, 3.05) is 13.1 Å². The molecule has 2 atom stereocenters. The van der Waals surface area contributed by atoms with Crippen molar-refractivity contribution >= 4 is 5.91 Å². The number of nitrogens with one attached hydrogen (secondary N) is 1. The fourth-order valence-electron chi connectivity index (χ4n) is 2.75. The van der Waals surface area contributed by atoms with E-state index in [2.05, 4.69) is 22.3 Å². The molecule has 2 unspecified atom stereocenters. The van der Waals surface area contributed by atoms with Gasteiger partial charge in [-0.25, -0.2) is 0 Å². The lowest BCUT2D eigenvalue weighted by Gasteiger charge is -2.08. The second kappa shape index (κ2) is 7.22. The van der Waals surface area contributed by atoms with E-state index in [9.17, 15) is 4.79 Å². The zero-order valence-corrected chi connectivity index (χ0v) is 12.1. The Morgan fingerprint density at radius 3 is 2.32 bits per heavy atom. The van der Waals surface area contributed by atoms with Gasteiger partial charge in [-0.1, -0.05) is 45.4 Å².